The van der Waals surface area contributed by atoms with Crippen molar-refractivity contribution in [2.45, 2.75) is 19.8 Å². The van der Waals surface area contributed by atoms with Crippen LogP contribution >= 0.6 is 0 Å². The predicted octanol–water partition coefficient (Wildman–Crippen LogP) is 2.99. The van der Waals surface area contributed by atoms with E-state index in [2.05, 4.69) is 4.90 Å². The van der Waals surface area contributed by atoms with Gasteiger partial charge in [0.2, 0.25) is 0 Å². The normalized spacial score (nSPS) is 16.9. The molecule has 0 aliphatic heterocycles. The summed E-state index contributed by atoms with van der Waals surface area (Å²) in [5.74, 6) is 0.131. The molecular formula is C15H20FNO. The number of Topliss-reactive ketones (excluding diaryl/α,β-unsaturated/α-hetero) is 1. The van der Waals surface area contributed by atoms with Gasteiger partial charge in [0.05, 0.1) is 5.56 Å². The second-order valence-electron chi connectivity index (χ2n) is 5.41. The summed E-state index contributed by atoms with van der Waals surface area (Å²) < 4.78 is 13.5. The van der Waals surface area contributed by atoms with Crippen LogP contribution in [0.25, 0.3) is 0 Å². The summed E-state index contributed by atoms with van der Waals surface area (Å²) >= 11 is 0. The molecular weight excluding hydrogens is 229 g/mol. The molecule has 2 nitrogen and oxygen atoms in total. The maximum atomic E-state index is 13.5. The minimum absolute atomic E-state index is 0.101. The van der Waals surface area contributed by atoms with E-state index in [4.69, 9.17) is 0 Å². The van der Waals surface area contributed by atoms with Gasteiger partial charge in [-0.2, -0.15) is 0 Å². The van der Waals surface area contributed by atoms with Crippen molar-refractivity contribution in [2.75, 3.05) is 20.1 Å². The third-order valence-electron chi connectivity index (χ3n) is 3.44. The van der Waals surface area contributed by atoms with Crippen LogP contribution in [0, 0.1) is 17.7 Å². The Morgan fingerprint density at radius 2 is 2.11 bits per heavy atom. The number of carbonyl (C=O) groups is 1. The van der Waals surface area contributed by atoms with Crippen LogP contribution in [-0.2, 0) is 0 Å². The highest BCUT2D eigenvalue weighted by atomic mass is 19.1. The Morgan fingerprint density at radius 3 is 2.72 bits per heavy atom. The van der Waals surface area contributed by atoms with E-state index in [0.29, 0.717) is 6.54 Å². The average molecular weight is 249 g/mol. The SMILES string of the molecule is CC(CN(C)CC1CC1)C(=O)c1ccccc1F. The highest BCUT2D eigenvalue weighted by Gasteiger charge is 2.25. The quantitative estimate of drug-likeness (QED) is 0.722. The second kappa shape index (κ2) is 5.61. The standard InChI is InChI=1S/C15H20FNO/c1-11(9-17(2)10-12-7-8-12)15(18)13-5-3-4-6-14(13)16/h3-6,11-12H,7-10H2,1-2H3. The average Bonchev–Trinajstić information content (AvgIpc) is 3.12. The third-order valence-corrected chi connectivity index (χ3v) is 3.44. The number of carbonyl (C=O) groups excluding carboxylic acids is 1. The molecule has 3 heteroatoms. The van der Waals surface area contributed by atoms with Crippen LogP contribution in [0.5, 0.6) is 0 Å². The summed E-state index contributed by atoms with van der Waals surface area (Å²) in [4.78, 5) is 14.3. The first kappa shape index (κ1) is 13.2. The van der Waals surface area contributed by atoms with Gasteiger partial charge >= 0.3 is 0 Å². The van der Waals surface area contributed by atoms with E-state index >= 15 is 0 Å². The second-order valence-corrected chi connectivity index (χ2v) is 5.41. The van der Waals surface area contributed by atoms with Crippen molar-refractivity contribution >= 4 is 5.78 Å². The summed E-state index contributed by atoms with van der Waals surface area (Å²) in [5.41, 5.74) is 0.213. The Labute approximate surface area is 108 Å². The molecule has 0 aromatic heterocycles. The fraction of sp³-hybridized carbons (Fsp3) is 0.533. The lowest BCUT2D eigenvalue weighted by Crippen LogP contribution is -2.30. The molecule has 0 saturated heterocycles. The Bertz CT molecular complexity index is 428. The van der Waals surface area contributed by atoms with Gasteiger partial charge in [0.25, 0.3) is 0 Å². The molecule has 0 bridgehead atoms. The zero-order chi connectivity index (χ0) is 13.1. The summed E-state index contributed by atoms with van der Waals surface area (Å²) in [5, 5.41) is 0. The van der Waals surface area contributed by atoms with Crippen LogP contribution in [0.1, 0.15) is 30.1 Å². The number of ketones is 1. The van der Waals surface area contributed by atoms with Crippen molar-refractivity contribution in [1.29, 1.82) is 0 Å². The van der Waals surface area contributed by atoms with Crippen molar-refractivity contribution in [3.8, 4) is 0 Å². The van der Waals surface area contributed by atoms with E-state index in [-0.39, 0.29) is 17.3 Å². The first-order chi connectivity index (χ1) is 8.58. The number of hydrogen-bond acceptors (Lipinski definition) is 2. The van der Waals surface area contributed by atoms with Gasteiger partial charge in [-0.1, -0.05) is 19.1 Å². The van der Waals surface area contributed by atoms with Crippen LogP contribution in [0.3, 0.4) is 0 Å². The number of rotatable bonds is 6. The van der Waals surface area contributed by atoms with Gasteiger partial charge in [-0.15, -0.1) is 0 Å². The lowest BCUT2D eigenvalue weighted by molar-refractivity contribution is 0.0897. The van der Waals surface area contributed by atoms with Crippen LogP contribution in [-0.4, -0.2) is 30.8 Å². The number of benzene rings is 1. The first-order valence-electron chi connectivity index (χ1n) is 6.55. The fourth-order valence-electron chi connectivity index (χ4n) is 2.29. The predicted molar refractivity (Wildman–Crippen MR) is 70.1 cm³/mol. The van der Waals surface area contributed by atoms with Gasteiger partial charge in [0.1, 0.15) is 5.82 Å². The molecule has 0 spiro atoms. The molecule has 0 amide bonds. The minimum atomic E-state index is -0.417. The van der Waals surface area contributed by atoms with Gasteiger partial charge in [-0.05, 0) is 37.9 Å². The lowest BCUT2D eigenvalue weighted by Gasteiger charge is -2.20. The lowest BCUT2D eigenvalue weighted by atomic mass is 9.98. The molecule has 1 aromatic rings. The molecule has 1 aliphatic rings. The molecule has 0 N–H and O–H groups in total. The maximum Gasteiger partial charge on any atom is 0.169 e. The topological polar surface area (TPSA) is 20.3 Å². The minimum Gasteiger partial charge on any atom is -0.305 e. The van der Waals surface area contributed by atoms with Gasteiger partial charge in [-0.25, -0.2) is 4.39 Å². The smallest absolute Gasteiger partial charge is 0.169 e. The van der Waals surface area contributed by atoms with Gasteiger partial charge < -0.3 is 4.90 Å². The number of hydrogen-bond donors (Lipinski definition) is 0. The molecule has 1 unspecified atom stereocenters. The molecule has 2 rings (SSSR count). The Balaban J connectivity index is 1.93. The van der Waals surface area contributed by atoms with Gasteiger partial charge in [0, 0.05) is 19.0 Å². The molecule has 0 radical (unpaired) electrons. The van der Waals surface area contributed by atoms with E-state index in [1.54, 1.807) is 18.2 Å². The molecule has 1 aromatic carbocycles. The molecule has 18 heavy (non-hydrogen) atoms. The first-order valence-corrected chi connectivity index (χ1v) is 6.55. The van der Waals surface area contributed by atoms with Crippen LogP contribution < -0.4 is 0 Å². The van der Waals surface area contributed by atoms with E-state index in [1.807, 2.05) is 14.0 Å². The van der Waals surface area contributed by atoms with Crippen LogP contribution in [0.2, 0.25) is 0 Å². The fourth-order valence-corrected chi connectivity index (χ4v) is 2.29. The molecule has 1 aliphatic carbocycles. The molecule has 1 saturated carbocycles. The van der Waals surface area contributed by atoms with Crippen molar-refractivity contribution < 1.29 is 9.18 Å². The van der Waals surface area contributed by atoms with Gasteiger partial charge in [0.15, 0.2) is 5.78 Å². The highest BCUT2D eigenvalue weighted by molar-refractivity contribution is 5.98. The van der Waals surface area contributed by atoms with E-state index in [0.717, 1.165) is 12.5 Å². The molecule has 1 fully saturated rings. The van der Waals surface area contributed by atoms with E-state index < -0.39 is 5.82 Å². The summed E-state index contributed by atoms with van der Waals surface area (Å²) in [7, 11) is 2.03. The Morgan fingerprint density at radius 1 is 1.44 bits per heavy atom. The van der Waals surface area contributed by atoms with Gasteiger partial charge in [-0.3, -0.25) is 4.79 Å². The van der Waals surface area contributed by atoms with Crippen LogP contribution in [0.4, 0.5) is 4.39 Å². The molecule has 0 heterocycles. The Hall–Kier alpha value is -1.22. The summed E-state index contributed by atoms with van der Waals surface area (Å²) in [6, 6.07) is 6.22. The third kappa shape index (κ3) is 3.39. The maximum absolute atomic E-state index is 13.5. The van der Waals surface area contributed by atoms with E-state index in [1.165, 1.54) is 18.9 Å². The summed E-state index contributed by atoms with van der Waals surface area (Å²) in [6.07, 6.45) is 2.61. The number of nitrogens with zero attached hydrogens (tertiary/aromatic N) is 1. The van der Waals surface area contributed by atoms with E-state index in [9.17, 15) is 9.18 Å². The molecule has 98 valence electrons. The zero-order valence-electron chi connectivity index (χ0n) is 11.0. The summed E-state index contributed by atoms with van der Waals surface area (Å²) in [6.45, 7) is 3.62. The largest absolute Gasteiger partial charge is 0.305 e. The van der Waals surface area contributed by atoms with Crippen molar-refractivity contribution in [1.82, 2.24) is 4.90 Å². The van der Waals surface area contributed by atoms with Crippen molar-refractivity contribution in [3.63, 3.8) is 0 Å². The van der Waals surface area contributed by atoms with Crippen molar-refractivity contribution in [2.24, 2.45) is 11.8 Å². The number of halogens is 1. The highest BCUT2D eigenvalue weighted by Crippen LogP contribution is 2.29. The Kier molecular flexibility index (Phi) is 4.12. The van der Waals surface area contributed by atoms with Crippen molar-refractivity contribution in [3.05, 3.63) is 35.6 Å². The monoisotopic (exact) mass is 249 g/mol. The zero-order valence-corrected chi connectivity index (χ0v) is 11.0. The van der Waals surface area contributed by atoms with Crippen LogP contribution in [0.15, 0.2) is 24.3 Å². The molecule has 1 atom stereocenters.